The Hall–Kier alpha value is -1.09. The largest absolute Gasteiger partial charge is 0.354 e. The van der Waals surface area contributed by atoms with Gasteiger partial charge in [-0.1, -0.05) is 33.8 Å². The van der Waals surface area contributed by atoms with Crippen molar-refractivity contribution in [3.8, 4) is 0 Å². The Bertz CT molecular complexity index is 386. The number of anilines is 1. The molecular weight excluding hydrogens is 246 g/mol. The van der Waals surface area contributed by atoms with Crippen LogP contribution >= 0.6 is 0 Å². The van der Waals surface area contributed by atoms with E-state index in [9.17, 15) is 0 Å². The van der Waals surface area contributed by atoms with Crippen molar-refractivity contribution < 1.29 is 0 Å². The van der Waals surface area contributed by atoms with E-state index < -0.39 is 0 Å². The first-order valence-corrected chi connectivity index (χ1v) is 7.83. The van der Waals surface area contributed by atoms with E-state index in [-0.39, 0.29) is 0 Å². The highest BCUT2D eigenvalue weighted by molar-refractivity contribution is 5.47. The van der Waals surface area contributed by atoms with E-state index in [2.05, 4.69) is 62.8 Å². The summed E-state index contributed by atoms with van der Waals surface area (Å²) in [7, 11) is 0. The lowest BCUT2D eigenvalue weighted by molar-refractivity contribution is 0.543. The van der Waals surface area contributed by atoms with E-state index >= 15 is 0 Å². The molecule has 0 radical (unpaired) electrons. The van der Waals surface area contributed by atoms with Crippen LogP contribution in [0.1, 0.15) is 47.1 Å². The third-order valence-electron chi connectivity index (χ3n) is 3.19. The van der Waals surface area contributed by atoms with Crippen LogP contribution in [0.4, 0.5) is 5.82 Å². The Labute approximate surface area is 124 Å². The first-order valence-electron chi connectivity index (χ1n) is 7.83. The molecule has 0 spiro atoms. The molecular formula is C17H31N3. The molecule has 3 heteroatoms. The van der Waals surface area contributed by atoms with Crippen molar-refractivity contribution in [2.75, 3.05) is 18.0 Å². The molecule has 0 atom stereocenters. The number of rotatable bonds is 8. The molecule has 0 saturated heterocycles. The smallest absolute Gasteiger partial charge is 0.133 e. The fraction of sp³-hybridized carbons (Fsp3) is 0.706. The van der Waals surface area contributed by atoms with Gasteiger partial charge in [-0.05, 0) is 38.3 Å². The second-order valence-corrected chi connectivity index (χ2v) is 6.65. The van der Waals surface area contributed by atoms with Gasteiger partial charge in [-0.2, -0.15) is 0 Å². The van der Waals surface area contributed by atoms with Crippen LogP contribution in [0.2, 0.25) is 0 Å². The summed E-state index contributed by atoms with van der Waals surface area (Å²) < 4.78 is 0. The molecule has 0 unspecified atom stereocenters. The van der Waals surface area contributed by atoms with Gasteiger partial charge in [0.2, 0.25) is 0 Å². The molecule has 0 bridgehead atoms. The van der Waals surface area contributed by atoms with Crippen LogP contribution in [0.3, 0.4) is 0 Å². The van der Waals surface area contributed by atoms with Crippen LogP contribution in [-0.4, -0.2) is 24.1 Å². The van der Waals surface area contributed by atoms with Crippen LogP contribution in [0.15, 0.2) is 18.3 Å². The zero-order valence-electron chi connectivity index (χ0n) is 14.0. The van der Waals surface area contributed by atoms with Gasteiger partial charge in [0.25, 0.3) is 0 Å². The quantitative estimate of drug-likeness (QED) is 0.785. The molecule has 0 fully saturated rings. The fourth-order valence-corrected chi connectivity index (χ4v) is 2.26. The minimum absolute atomic E-state index is 0.469. The maximum atomic E-state index is 4.64. The summed E-state index contributed by atoms with van der Waals surface area (Å²) >= 11 is 0. The van der Waals surface area contributed by atoms with Gasteiger partial charge in [0.15, 0.2) is 0 Å². The lowest BCUT2D eigenvalue weighted by Crippen LogP contribution is -2.36. The molecule has 0 aromatic carbocycles. The lowest BCUT2D eigenvalue weighted by atomic mass is 10.1. The Morgan fingerprint density at radius 3 is 2.35 bits per heavy atom. The van der Waals surface area contributed by atoms with E-state index in [0.29, 0.717) is 17.9 Å². The van der Waals surface area contributed by atoms with Gasteiger partial charge in [-0.25, -0.2) is 4.98 Å². The van der Waals surface area contributed by atoms with Crippen molar-refractivity contribution >= 4 is 5.82 Å². The van der Waals surface area contributed by atoms with Crippen LogP contribution in [0.25, 0.3) is 0 Å². The Balaban J connectivity index is 2.85. The molecule has 1 heterocycles. The number of hydrogen-bond donors (Lipinski definition) is 1. The predicted octanol–water partition coefficient (Wildman–Crippen LogP) is 3.70. The first-order chi connectivity index (χ1) is 9.41. The number of hydrogen-bond acceptors (Lipinski definition) is 3. The zero-order chi connectivity index (χ0) is 15.1. The summed E-state index contributed by atoms with van der Waals surface area (Å²) in [5.74, 6) is 2.44. The van der Waals surface area contributed by atoms with Crippen LogP contribution in [-0.2, 0) is 6.54 Å². The van der Waals surface area contributed by atoms with Crippen molar-refractivity contribution in [3.05, 3.63) is 23.9 Å². The molecule has 1 N–H and O–H groups in total. The van der Waals surface area contributed by atoms with Gasteiger partial charge in [-0.15, -0.1) is 0 Å². The first kappa shape index (κ1) is 17.0. The third kappa shape index (κ3) is 5.49. The van der Waals surface area contributed by atoms with Crippen LogP contribution in [0, 0.1) is 11.8 Å². The van der Waals surface area contributed by atoms with E-state index in [1.807, 2.05) is 12.3 Å². The van der Waals surface area contributed by atoms with Gasteiger partial charge < -0.3 is 10.2 Å². The number of nitrogens with one attached hydrogen (secondary N) is 1. The van der Waals surface area contributed by atoms with Crippen molar-refractivity contribution in [1.82, 2.24) is 10.3 Å². The highest BCUT2D eigenvalue weighted by Gasteiger charge is 2.16. The summed E-state index contributed by atoms with van der Waals surface area (Å²) in [4.78, 5) is 7.05. The molecule has 0 aliphatic heterocycles. The zero-order valence-corrected chi connectivity index (χ0v) is 14.0. The predicted molar refractivity (Wildman–Crippen MR) is 88.1 cm³/mol. The minimum atomic E-state index is 0.469. The average molecular weight is 277 g/mol. The Kier molecular flexibility index (Phi) is 7.00. The van der Waals surface area contributed by atoms with Crippen molar-refractivity contribution in [1.29, 1.82) is 0 Å². The SMILES string of the molecule is CC(C)CNCc1cccnc1N(CC(C)C)C(C)C. The van der Waals surface area contributed by atoms with Gasteiger partial charge in [0, 0.05) is 30.9 Å². The Morgan fingerprint density at radius 2 is 1.80 bits per heavy atom. The number of nitrogens with zero attached hydrogens (tertiary/aromatic N) is 2. The molecule has 3 nitrogen and oxygen atoms in total. The summed E-state index contributed by atoms with van der Waals surface area (Å²) in [6, 6.07) is 4.69. The third-order valence-corrected chi connectivity index (χ3v) is 3.19. The molecule has 1 rings (SSSR count). The van der Waals surface area contributed by atoms with Crippen molar-refractivity contribution in [2.45, 2.75) is 54.1 Å². The van der Waals surface area contributed by atoms with E-state index in [1.54, 1.807) is 0 Å². The van der Waals surface area contributed by atoms with Crippen LogP contribution in [0.5, 0.6) is 0 Å². The maximum Gasteiger partial charge on any atom is 0.133 e. The summed E-state index contributed by atoms with van der Waals surface area (Å²) in [5, 5.41) is 3.52. The highest BCUT2D eigenvalue weighted by atomic mass is 15.2. The molecule has 20 heavy (non-hydrogen) atoms. The normalized spacial score (nSPS) is 11.7. The van der Waals surface area contributed by atoms with Gasteiger partial charge in [0.1, 0.15) is 5.82 Å². The maximum absolute atomic E-state index is 4.64. The van der Waals surface area contributed by atoms with Crippen molar-refractivity contribution in [2.24, 2.45) is 11.8 Å². The van der Waals surface area contributed by atoms with Gasteiger partial charge in [-0.3, -0.25) is 0 Å². The molecule has 0 aliphatic rings. The summed E-state index contributed by atoms with van der Waals surface area (Å²) in [6.45, 7) is 16.4. The standard InChI is InChI=1S/C17H31N3/c1-13(2)10-18-11-16-8-7-9-19-17(16)20(15(5)6)12-14(3)4/h7-9,13-15,18H,10-12H2,1-6H3. The van der Waals surface area contributed by atoms with Crippen LogP contribution < -0.4 is 10.2 Å². The summed E-state index contributed by atoms with van der Waals surface area (Å²) in [6.07, 6.45) is 1.90. The number of aromatic nitrogens is 1. The molecule has 114 valence electrons. The van der Waals surface area contributed by atoms with Crippen molar-refractivity contribution in [3.63, 3.8) is 0 Å². The highest BCUT2D eigenvalue weighted by Crippen LogP contribution is 2.21. The average Bonchev–Trinajstić information content (AvgIpc) is 2.36. The van der Waals surface area contributed by atoms with Gasteiger partial charge >= 0.3 is 0 Å². The van der Waals surface area contributed by atoms with E-state index in [0.717, 1.165) is 25.5 Å². The molecule has 1 aromatic rings. The second kappa shape index (κ2) is 8.25. The monoisotopic (exact) mass is 277 g/mol. The van der Waals surface area contributed by atoms with E-state index in [1.165, 1.54) is 5.56 Å². The van der Waals surface area contributed by atoms with E-state index in [4.69, 9.17) is 0 Å². The topological polar surface area (TPSA) is 28.2 Å². The number of pyridine rings is 1. The molecule has 0 saturated carbocycles. The van der Waals surface area contributed by atoms with Gasteiger partial charge in [0.05, 0.1) is 0 Å². The Morgan fingerprint density at radius 1 is 1.10 bits per heavy atom. The summed E-state index contributed by atoms with van der Waals surface area (Å²) in [5.41, 5.74) is 1.29. The molecule has 0 amide bonds. The molecule has 1 aromatic heterocycles. The minimum Gasteiger partial charge on any atom is -0.354 e. The molecule has 0 aliphatic carbocycles. The fourth-order valence-electron chi connectivity index (χ4n) is 2.26. The lowest BCUT2D eigenvalue weighted by Gasteiger charge is -2.31. The second-order valence-electron chi connectivity index (χ2n) is 6.65.